The summed E-state index contributed by atoms with van der Waals surface area (Å²) in [6.45, 7) is 2.80. The quantitative estimate of drug-likeness (QED) is 0.606. The first-order valence-corrected chi connectivity index (χ1v) is 3.46. The van der Waals surface area contributed by atoms with Gasteiger partial charge in [0.25, 0.3) is 0 Å². The van der Waals surface area contributed by atoms with E-state index >= 15 is 0 Å². The minimum absolute atomic E-state index is 0.172. The first-order chi connectivity index (χ1) is 4.33. The van der Waals surface area contributed by atoms with Gasteiger partial charge in [0, 0.05) is 12.6 Å². The fourth-order valence-corrected chi connectivity index (χ4v) is 0.677. The van der Waals surface area contributed by atoms with Crippen LogP contribution in [0.2, 0.25) is 0 Å². The van der Waals surface area contributed by atoms with E-state index in [4.69, 9.17) is 5.26 Å². The van der Waals surface area contributed by atoms with Crippen LogP contribution >= 0.6 is 0 Å². The molecule has 0 unspecified atom stereocenters. The molecule has 0 aromatic carbocycles. The highest BCUT2D eigenvalue weighted by Gasteiger charge is 2.20. The van der Waals surface area contributed by atoms with Crippen molar-refractivity contribution in [3.05, 3.63) is 0 Å². The van der Waals surface area contributed by atoms with E-state index in [1.807, 2.05) is 6.92 Å². The van der Waals surface area contributed by atoms with Crippen molar-refractivity contribution in [2.45, 2.75) is 25.8 Å². The van der Waals surface area contributed by atoms with Crippen LogP contribution in [0.4, 0.5) is 0 Å². The minimum Gasteiger partial charge on any atom is -0.313 e. The molecule has 0 saturated heterocycles. The van der Waals surface area contributed by atoms with Crippen LogP contribution in [0.3, 0.4) is 0 Å². The molecule has 0 bridgehead atoms. The number of nitrogens with zero attached hydrogens (tertiary/aromatic N) is 1. The van der Waals surface area contributed by atoms with Crippen LogP contribution in [-0.4, -0.2) is 12.6 Å². The Morgan fingerprint density at radius 2 is 2.44 bits per heavy atom. The molecule has 9 heavy (non-hydrogen) atoms. The average molecular weight is 124 g/mol. The molecule has 0 spiro atoms. The lowest BCUT2D eigenvalue weighted by Crippen LogP contribution is -2.22. The van der Waals surface area contributed by atoms with Gasteiger partial charge in [-0.25, -0.2) is 0 Å². The summed E-state index contributed by atoms with van der Waals surface area (Å²) in [6.07, 6.45) is 2.61. The molecule has 1 aliphatic rings. The predicted octanol–water partition coefficient (Wildman–Crippen LogP) is 0.898. The summed E-state index contributed by atoms with van der Waals surface area (Å²) in [5.41, 5.74) is 0. The van der Waals surface area contributed by atoms with Gasteiger partial charge in [0.05, 0.1) is 12.0 Å². The minimum atomic E-state index is 0.172. The molecular formula is C7H12N2. The summed E-state index contributed by atoms with van der Waals surface area (Å²) in [4.78, 5) is 0. The van der Waals surface area contributed by atoms with E-state index < -0.39 is 0 Å². The maximum Gasteiger partial charge on any atom is 0.0666 e. The van der Waals surface area contributed by atoms with Gasteiger partial charge in [0.1, 0.15) is 0 Å². The molecule has 1 aliphatic carbocycles. The van der Waals surface area contributed by atoms with Crippen molar-refractivity contribution < 1.29 is 0 Å². The van der Waals surface area contributed by atoms with Crippen LogP contribution in [0, 0.1) is 17.2 Å². The van der Waals surface area contributed by atoms with E-state index in [1.54, 1.807) is 0 Å². The van der Waals surface area contributed by atoms with Crippen molar-refractivity contribution in [2.24, 2.45) is 5.92 Å². The molecule has 2 heteroatoms. The zero-order valence-electron chi connectivity index (χ0n) is 5.72. The van der Waals surface area contributed by atoms with Crippen molar-refractivity contribution in [1.29, 1.82) is 5.26 Å². The molecule has 50 valence electrons. The summed E-state index contributed by atoms with van der Waals surface area (Å²) in [5, 5.41) is 11.7. The second-order valence-electron chi connectivity index (χ2n) is 2.71. The first-order valence-electron chi connectivity index (χ1n) is 3.46. The van der Waals surface area contributed by atoms with Gasteiger partial charge in [0.15, 0.2) is 0 Å². The maximum absolute atomic E-state index is 8.38. The van der Waals surface area contributed by atoms with Gasteiger partial charge in [-0.05, 0) is 19.8 Å². The van der Waals surface area contributed by atoms with Crippen LogP contribution in [-0.2, 0) is 0 Å². The molecule has 1 N–H and O–H groups in total. The smallest absolute Gasteiger partial charge is 0.0666 e. The second-order valence-corrected chi connectivity index (χ2v) is 2.71. The Morgan fingerprint density at radius 3 is 2.89 bits per heavy atom. The topological polar surface area (TPSA) is 35.8 Å². The molecule has 0 aromatic heterocycles. The SMILES string of the molecule is C[C@H](C#N)CNC1CC1. The van der Waals surface area contributed by atoms with Crippen LogP contribution in [0.15, 0.2) is 0 Å². The van der Waals surface area contributed by atoms with Gasteiger partial charge >= 0.3 is 0 Å². The number of nitriles is 1. The highest BCUT2D eigenvalue weighted by atomic mass is 14.9. The van der Waals surface area contributed by atoms with Crippen molar-refractivity contribution in [2.75, 3.05) is 6.54 Å². The Bertz CT molecular complexity index is 121. The zero-order chi connectivity index (χ0) is 6.69. The van der Waals surface area contributed by atoms with Crippen LogP contribution in [0.1, 0.15) is 19.8 Å². The third-order valence-electron chi connectivity index (χ3n) is 1.51. The van der Waals surface area contributed by atoms with Crippen molar-refractivity contribution in [3.8, 4) is 6.07 Å². The Labute approximate surface area is 55.9 Å². The molecule has 1 rings (SSSR count). The van der Waals surface area contributed by atoms with Gasteiger partial charge in [-0.1, -0.05) is 0 Å². The molecule has 0 aromatic rings. The van der Waals surface area contributed by atoms with Crippen LogP contribution < -0.4 is 5.32 Å². The number of nitrogens with one attached hydrogen (secondary N) is 1. The second kappa shape index (κ2) is 2.84. The van der Waals surface area contributed by atoms with Gasteiger partial charge in [-0.3, -0.25) is 0 Å². The Hall–Kier alpha value is -0.550. The van der Waals surface area contributed by atoms with Crippen molar-refractivity contribution >= 4 is 0 Å². The Morgan fingerprint density at radius 1 is 1.78 bits per heavy atom. The number of rotatable bonds is 3. The number of hydrogen-bond acceptors (Lipinski definition) is 2. The van der Waals surface area contributed by atoms with Crippen LogP contribution in [0.25, 0.3) is 0 Å². The number of hydrogen-bond donors (Lipinski definition) is 1. The summed E-state index contributed by atoms with van der Waals surface area (Å²) in [7, 11) is 0. The van der Waals surface area contributed by atoms with E-state index in [0.29, 0.717) is 0 Å². The summed E-state index contributed by atoms with van der Waals surface area (Å²) in [5.74, 6) is 0.172. The van der Waals surface area contributed by atoms with E-state index in [9.17, 15) is 0 Å². The third kappa shape index (κ3) is 2.48. The van der Waals surface area contributed by atoms with Gasteiger partial charge in [-0.15, -0.1) is 0 Å². The highest BCUT2D eigenvalue weighted by molar-refractivity contribution is 4.86. The predicted molar refractivity (Wildman–Crippen MR) is 35.8 cm³/mol. The molecule has 1 fully saturated rings. The van der Waals surface area contributed by atoms with E-state index in [2.05, 4.69) is 11.4 Å². The van der Waals surface area contributed by atoms with Gasteiger partial charge in [-0.2, -0.15) is 5.26 Å². The van der Waals surface area contributed by atoms with Gasteiger partial charge < -0.3 is 5.32 Å². The monoisotopic (exact) mass is 124 g/mol. The highest BCUT2D eigenvalue weighted by Crippen LogP contribution is 2.18. The molecule has 1 saturated carbocycles. The van der Waals surface area contributed by atoms with Crippen LogP contribution in [0.5, 0.6) is 0 Å². The average Bonchev–Trinajstić information content (AvgIpc) is 2.65. The fraction of sp³-hybridized carbons (Fsp3) is 0.857. The van der Waals surface area contributed by atoms with Crippen molar-refractivity contribution in [1.82, 2.24) is 5.32 Å². The van der Waals surface area contributed by atoms with Gasteiger partial charge in [0.2, 0.25) is 0 Å². The Balaban J connectivity index is 1.97. The first kappa shape index (κ1) is 6.57. The third-order valence-corrected chi connectivity index (χ3v) is 1.51. The lowest BCUT2D eigenvalue weighted by molar-refractivity contribution is 0.598. The lowest BCUT2D eigenvalue weighted by atomic mass is 10.2. The largest absolute Gasteiger partial charge is 0.313 e. The molecule has 0 heterocycles. The molecule has 0 radical (unpaired) electrons. The van der Waals surface area contributed by atoms with E-state index in [0.717, 1.165) is 12.6 Å². The van der Waals surface area contributed by atoms with Crippen molar-refractivity contribution in [3.63, 3.8) is 0 Å². The summed E-state index contributed by atoms with van der Waals surface area (Å²) in [6, 6.07) is 2.92. The maximum atomic E-state index is 8.38. The molecule has 0 amide bonds. The Kier molecular flexibility index (Phi) is 2.07. The standard InChI is InChI=1S/C7H12N2/c1-6(4-8)5-9-7-2-3-7/h6-7,9H,2-3,5H2,1H3/t6-/m1/s1. The lowest BCUT2D eigenvalue weighted by Gasteiger charge is -2.01. The fourth-order valence-electron chi connectivity index (χ4n) is 0.677. The molecular weight excluding hydrogens is 112 g/mol. The normalized spacial score (nSPS) is 20.9. The summed E-state index contributed by atoms with van der Waals surface area (Å²) < 4.78 is 0. The molecule has 2 nitrogen and oxygen atoms in total. The molecule has 0 aliphatic heterocycles. The summed E-state index contributed by atoms with van der Waals surface area (Å²) >= 11 is 0. The van der Waals surface area contributed by atoms with E-state index in [-0.39, 0.29) is 5.92 Å². The van der Waals surface area contributed by atoms with E-state index in [1.165, 1.54) is 12.8 Å². The molecule has 1 atom stereocenters. The zero-order valence-corrected chi connectivity index (χ0v) is 5.72.